The number of nitrogens with zero attached hydrogens (tertiary/aromatic N) is 1. The van der Waals surface area contributed by atoms with Crippen molar-refractivity contribution in [3.63, 3.8) is 0 Å². The summed E-state index contributed by atoms with van der Waals surface area (Å²) >= 11 is 0. The Hall–Kier alpha value is -3.26. The first-order valence-electron chi connectivity index (χ1n) is 10.7. The lowest BCUT2D eigenvalue weighted by Gasteiger charge is -2.31. The lowest BCUT2D eigenvalue weighted by molar-refractivity contribution is -0.143. The van der Waals surface area contributed by atoms with E-state index in [2.05, 4.69) is 5.32 Å². The van der Waals surface area contributed by atoms with E-state index in [0.717, 1.165) is 11.1 Å². The van der Waals surface area contributed by atoms with Gasteiger partial charge in [0.25, 0.3) is 0 Å². The summed E-state index contributed by atoms with van der Waals surface area (Å²) in [6.45, 7) is 4.78. The van der Waals surface area contributed by atoms with Gasteiger partial charge in [-0.3, -0.25) is 14.5 Å². The molecule has 0 saturated carbocycles. The minimum atomic E-state index is -0.904. The van der Waals surface area contributed by atoms with Gasteiger partial charge in [0.1, 0.15) is 5.75 Å². The highest BCUT2D eigenvalue weighted by atomic mass is 16.7. The molecule has 2 aliphatic rings. The Balaban J connectivity index is 1.76. The molecular weight excluding hydrogens is 412 g/mol. The van der Waals surface area contributed by atoms with Crippen LogP contribution in [0.2, 0.25) is 0 Å². The number of rotatable bonds is 7. The summed E-state index contributed by atoms with van der Waals surface area (Å²) in [4.78, 5) is 27.3. The van der Waals surface area contributed by atoms with E-state index >= 15 is 0 Å². The summed E-state index contributed by atoms with van der Waals surface area (Å²) in [5, 5.41) is 13.2. The Morgan fingerprint density at radius 3 is 2.50 bits per heavy atom. The van der Waals surface area contributed by atoms with E-state index in [1.807, 2.05) is 61.2 Å². The number of hydrogen-bond acceptors (Lipinski definition) is 6. The highest BCUT2D eigenvalue weighted by Crippen LogP contribution is 2.48. The molecule has 2 heterocycles. The van der Waals surface area contributed by atoms with Crippen LogP contribution in [0.25, 0.3) is 0 Å². The summed E-state index contributed by atoms with van der Waals surface area (Å²) in [7, 11) is 1.59. The topological polar surface area (TPSA) is 97.3 Å². The van der Waals surface area contributed by atoms with E-state index in [1.54, 1.807) is 7.11 Å². The summed E-state index contributed by atoms with van der Waals surface area (Å²) in [5.41, 5.74) is 1.68. The first kappa shape index (κ1) is 22.0. The van der Waals surface area contributed by atoms with Crippen molar-refractivity contribution in [1.29, 1.82) is 0 Å². The van der Waals surface area contributed by atoms with Crippen LogP contribution in [0, 0.1) is 5.92 Å². The van der Waals surface area contributed by atoms with Gasteiger partial charge in [-0.15, -0.1) is 0 Å². The minimum absolute atomic E-state index is 0.124. The zero-order valence-electron chi connectivity index (χ0n) is 18.4. The van der Waals surface area contributed by atoms with Gasteiger partial charge in [0.2, 0.25) is 12.7 Å². The van der Waals surface area contributed by atoms with Crippen LogP contribution < -0.4 is 19.5 Å². The Labute approximate surface area is 187 Å². The number of hydrogen-bond donors (Lipinski definition) is 2. The number of ether oxygens (including phenoxy) is 3. The summed E-state index contributed by atoms with van der Waals surface area (Å²) in [6.07, 6.45) is 0. The molecule has 170 valence electrons. The van der Waals surface area contributed by atoms with Crippen molar-refractivity contribution in [3.05, 3.63) is 53.6 Å². The molecule has 8 heteroatoms. The summed E-state index contributed by atoms with van der Waals surface area (Å²) in [6, 6.07) is 12.0. The number of benzene rings is 2. The third-order valence-corrected chi connectivity index (χ3v) is 6.33. The van der Waals surface area contributed by atoms with Crippen LogP contribution >= 0.6 is 0 Å². The van der Waals surface area contributed by atoms with Gasteiger partial charge in [0.15, 0.2) is 11.5 Å². The van der Waals surface area contributed by atoms with Gasteiger partial charge in [0.05, 0.1) is 19.1 Å². The van der Waals surface area contributed by atoms with Crippen LogP contribution in [-0.4, -0.2) is 54.9 Å². The third kappa shape index (κ3) is 3.98. The molecule has 2 N–H and O–H groups in total. The maximum atomic E-state index is 12.7. The molecule has 2 aliphatic heterocycles. The van der Waals surface area contributed by atoms with Gasteiger partial charge >= 0.3 is 5.97 Å². The lowest BCUT2D eigenvalue weighted by Crippen LogP contribution is -2.45. The van der Waals surface area contributed by atoms with Crippen molar-refractivity contribution in [2.75, 3.05) is 27.0 Å². The van der Waals surface area contributed by atoms with Gasteiger partial charge in [-0.1, -0.05) is 18.2 Å². The molecule has 0 aliphatic carbocycles. The first-order chi connectivity index (χ1) is 15.4. The van der Waals surface area contributed by atoms with Gasteiger partial charge in [-0.25, -0.2) is 0 Å². The van der Waals surface area contributed by atoms with E-state index in [0.29, 0.717) is 30.3 Å². The smallest absolute Gasteiger partial charge is 0.309 e. The third-order valence-electron chi connectivity index (χ3n) is 6.33. The molecule has 8 nitrogen and oxygen atoms in total. The molecule has 1 saturated heterocycles. The van der Waals surface area contributed by atoms with Crippen molar-refractivity contribution in [1.82, 2.24) is 10.2 Å². The molecule has 4 rings (SSSR count). The monoisotopic (exact) mass is 440 g/mol. The maximum absolute atomic E-state index is 12.7. The van der Waals surface area contributed by atoms with Crippen molar-refractivity contribution < 1.29 is 28.9 Å². The Morgan fingerprint density at radius 1 is 1.16 bits per heavy atom. The molecule has 4 atom stereocenters. The largest absolute Gasteiger partial charge is 0.497 e. The molecule has 4 unspecified atom stereocenters. The second-order valence-corrected chi connectivity index (χ2v) is 8.07. The van der Waals surface area contributed by atoms with Gasteiger partial charge < -0.3 is 24.6 Å². The Morgan fingerprint density at radius 2 is 1.84 bits per heavy atom. The molecule has 0 radical (unpaired) electrons. The summed E-state index contributed by atoms with van der Waals surface area (Å²) in [5.74, 6) is -0.151. The zero-order valence-corrected chi connectivity index (χ0v) is 18.4. The maximum Gasteiger partial charge on any atom is 0.309 e. The predicted octanol–water partition coefficient (Wildman–Crippen LogP) is 2.79. The van der Waals surface area contributed by atoms with E-state index in [4.69, 9.17) is 14.2 Å². The van der Waals surface area contributed by atoms with Crippen LogP contribution in [0.5, 0.6) is 17.2 Å². The van der Waals surface area contributed by atoms with Crippen LogP contribution in [0.3, 0.4) is 0 Å². The van der Waals surface area contributed by atoms with Crippen molar-refractivity contribution >= 4 is 11.9 Å². The Kier molecular flexibility index (Phi) is 6.23. The number of nitrogens with one attached hydrogen (secondary N) is 1. The van der Waals surface area contributed by atoms with Crippen molar-refractivity contribution in [2.45, 2.75) is 31.8 Å². The lowest BCUT2D eigenvalue weighted by atomic mass is 9.82. The SMILES string of the molecule is CCNC(=O)C(C)N1CC(c2ccc3c(c2)OCO3)C(C(=O)O)C1c1ccc(OC)cc1. The molecule has 2 aromatic rings. The second-order valence-electron chi connectivity index (χ2n) is 8.07. The first-order valence-corrected chi connectivity index (χ1v) is 10.7. The fraction of sp³-hybridized carbons (Fsp3) is 0.417. The quantitative estimate of drug-likeness (QED) is 0.683. The number of carbonyl (C=O) groups is 2. The second kappa shape index (κ2) is 9.08. The molecule has 0 bridgehead atoms. The molecule has 1 fully saturated rings. The molecular formula is C24H28N2O6. The van der Waals surface area contributed by atoms with Gasteiger partial charge in [0, 0.05) is 25.0 Å². The number of aliphatic carboxylic acids is 1. The zero-order chi connectivity index (χ0) is 22.8. The Bertz CT molecular complexity index is 992. The normalized spacial score (nSPS) is 23.0. The average molecular weight is 440 g/mol. The van der Waals surface area contributed by atoms with Crippen LogP contribution in [0.15, 0.2) is 42.5 Å². The number of carbonyl (C=O) groups excluding carboxylic acids is 1. The number of amides is 1. The van der Waals surface area contributed by atoms with E-state index in [1.165, 1.54) is 0 Å². The van der Waals surface area contributed by atoms with E-state index in [-0.39, 0.29) is 18.6 Å². The minimum Gasteiger partial charge on any atom is -0.497 e. The molecule has 1 amide bonds. The molecule has 0 aromatic heterocycles. The molecule has 2 aromatic carbocycles. The average Bonchev–Trinajstić information content (AvgIpc) is 3.43. The van der Waals surface area contributed by atoms with E-state index in [9.17, 15) is 14.7 Å². The van der Waals surface area contributed by atoms with Gasteiger partial charge in [-0.05, 0) is 49.2 Å². The highest BCUT2D eigenvalue weighted by molar-refractivity contribution is 5.82. The molecule has 0 spiro atoms. The fourth-order valence-corrected chi connectivity index (χ4v) is 4.72. The predicted molar refractivity (Wildman–Crippen MR) is 117 cm³/mol. The standard InChI is InChI=1S/C24H28N2O6/c1-4-25-23(27)14(2)26-12-18(16-7-10-19-20(11-16)32-13-31-19)21(24(28)29)22(26)15-5-8-17(30-3)9-6-15/h5-11,14,18,21-22H,4,12-13H2,1-3H3,(H,25,27)(H,28,29). The number of likely N-dealkylation sites (tertiary alicyclic amines) is 1. The van der Waals surface area contributed by atoms with Crippen LogP contribution in [-0.2, 0) is 9.59 Å². The van der Waals surface area contributed by atoms with Crippen molar-refractivity contribution in [2.24, 2.45) is 5.92 Å². The highest BCUT2D eigenvalue weighted by Gasteiger charge is 2.50. The number of methoxy groups -OCH3 is 1. The van der Waals surface area contributed by atoms with Crippen LogP contribution in [0.1, 0.15) is 36.9 Å². The summed E-state index contributed by atoms with van der Waals surface area (Å²) < 4.78 is 16.2. The fourth-order valence-electron chi connectivity index (χ4n) is 4.72. The van der Waals surface area contributed by atoms with Crippen LogP contribution in [0.4, 0.5) is 0 Å². The number of fused-ring (bicyclic) bond motifs is 1. The number of likely N-dealkylation sites (N-methyl/N-ethyl adjacent to an activating group) is 1. The number of carboxylic acids is 1. The van der Waals surface area contributed by atoms with Crippen molar-refractivity contribution in [3.8, 4) is 17.2 Å². The number of carboxylic acid groups (broad SMARTS) is 1. The molecule has 32 heavy (non-hydrogen) atoms. The van der Waals surface area contributed by atoms with E-state index < -0.39 is 24.0 Å². The van der Waals surface area contributed by atoms with Gasteiger partial charge in [-0.2, -0.15) is 0 Å².